The number of amides is 1. The highest BCUT2D eigenvalue weighted by Crippen LogP contribution is 2.38. The van der Waals surface area contributed by atoms with E-state index in [-0.39, 0.29) is 5.91 Å². The van der Waals surface area contributed by atoms with Crippen LogP contribution in [0.4, 0.5) is 5.82 Å². The summed E-state index contributed by atoms with van der Waals surface area (Å²) in [6, 6.07) is 7.61. The summed E-state index contributed by atoms with van der Waals surface area (Å²) in [5, 5.41) is 1.27. The van der Waals surface area contributed by atoms with E-state index in [0.717, 1.165) is 40.3 Å². The van der Waals surface area contributed by atoms with E-state index >= 15 is 0 Å². The molecule has 1 aromatic carbocycles. The molecule has 158 valence electrons. The zero-order valence-corrected chi connectivity index (χ0v) is 18.0. The Morgan fingerprint density at radius 2 is 2.10 bits per heavy atom. The highest BCUT2D eigenvalue weighted by Gasteiger charge is 2.21. The van der Waals surface area contributed by atoms with Crippen LogP contribution in [-0.2, 0) is 4.84 Å². The van der Waals surface area contributed by atoms with E-state index in [2.05, 4.69) is 22.4 Å². The Kier molecular flexibility index (Phi) is 5.83. The van der Waals surface area contributed by atoms with Crippen molar-refractivity contribution in [2.24, 2.45) is 5.92 Å². The summed E-state index contributed by atoms with van der Waals surface area (Å²) in [4.78, 5) is 27.0. The lowest BCUT2D eigenvalue weighted by molar-refractivity contribution is 0.0539. The van der Waals surface area contributed by atoms with Gasteiger partial charge in [-0.05, 0) is 43.0 Å². The van der Waals surface area contributed by atoms with E-state index < -0.39 is 0 Å². The van der Waals surface area contributed by atoms with Crippen LogP contribution in [-0.4, -0.2) is 43.7 Å². The molecule has 0 atom stereocenters. The van der Waals surface area contributed by atoms with Crippen molar-refractivity contribution in [1.29, 1.82) is 0 Å². The maximum absolute atomic E-state index is 12.3. The molecule has 2 N–H and O–H groups in total. The second-order valence-corrected chi connectivity index (χ2v) is 8.03. The molecule has 0 radical (unpaired) electrons. The van der Waals surface area contributed by atoms with E-state index in [1.54, 1.807) is 19.4 Å². The second-order valence-electron chi connectivity index (χ2n) is 7.62. The number of hydrogen-bond donors (Lipinski definition) is 2. The number of hydrogen-bond acceptors (Lipinski definition) is 5. The minimum Gasteiger partial charge on any atom is -0.480 e. The molecular formula is C22H25ClN4O3. The van der Waals surface area contributed by atoms with Crippen LogP contribution < -0.4 is 15.1 Å². The minimum absolute atomic E-state index is 0.338. The van der Waals surface area contributed by atoms with Gasteiger partial charge in [0.05, 0.1) is 24.8 Å². The molecule has 3 aromatic rings. The second kappa shape index (κ2) is 8.53. The fourth-order valence-corrected chi connectivity index (χ4v) is 4.11. The van der Waals surface area contributed by atoms with E-state index in [9.17, 15) is 4.79 Å². The SMILES string of the molecule is CONC(=O)c1c[nH]c2cc(Cl)c(-c3ccc(N(C)CC4CCC4)nc3OC)cc12. The maximum atomic E-state index is 12.3. The molecule has 1 fully saturated rings. The summed E-state index contributed by atoms with van der Waals surface area (Å²) < 4.78 is 5.60. The van der Waals surface area contributed by atoms with Crippen molar-refractivity contribution in [3.05, 3.63) is 41.0 Å². The standard InChI is InChI=1S/C22H25ClN4O3/c1-27(12-13-5-4-6-13)20-8-7-14(22(25-20)29-2)15-9-16-17(21(28)26-30-3)11-24-19(16)10-18(15)23/h7-11,13,24H,4-6,12H2,1-3H3,(H,26,28). The van der Waals surface area contributed by atoms with Crippen molar-refractivity contribution >= 4 is 34.2 Å². The number of H-pyrrole nitrogens is 1. The van der Waals surface area contributed by atoms with Crippen LogP contribution in [0.25, 0.3) is 22.0 Å². The molecule has 0 aliphatic heterocycles. The van der Waals surface area contributed by atoms with Crippen LogP contribution in [0.15, 0.2) is 30.5 Å². The van der Waals surface area contributed by atoms with Crippen molar-refractivity contribution < 1.29 is 14.4 Å². The molecule has 0 bridgehead atoms. The Bertz CT molecular complexity index is 1080. The number of fused-ring (bicyclic) bond motifs is 1. The number of methoxy groups -OCH3 is 1. The van der Waals surface area contributed by atoms with Gasteiger partial charge in [0, 0.05) is 41.8 Å². The Labute approximate surface area is 180 Å². The summed E-state index contributed by atoms with van der Waals surface area (Å²) in [5.41, 5.74) is 5.08. The van der Waals surface area contributed by atoms with Gasteiger partial charge in [-0.15, -0.1) is 0 Å². The maximum Gasteiger partial charge on any atom is 0.276 e. The van der Waals surface area contributed by atoms with E-state index in [0.29, 0.717) is 16.5 Å². The number of carbonyl (C=O) groups excluding carboxylic acids is 1. The quantitative estimate of drug-likeness (QED) is 0.544. The van der Waals surface area contributed by atoms with Gasteiger partial charge >= 0.3 is 0 Å². The minimum atomic E-state index is -0.338. The molecule has 2 heterocycles. The third-order valence-corrected chi connectivity index (χ3v) is 6.00. The predicted octanol–water partition coefficient (Wildman–Crippen LogP) is 4.42. The molecule has 2 aromatic heterocycles. The number of nitrogens with one attached hydrogen (secondary N) is 2. The zero-order valence-electron chi connectivity index (χ0n) is 17.3. The van der Waals surface area contributed by atoms with Crippen LogP contribution in [0.3, 0.4) is 0 Å². The van der Waals surface area contributed by atoms with Gasteiger partial charge in [-0.3, -0.25) is 9.63 Å². The molecular weight excluding hydrogens is 404 g/mol. The summed E-state index contributed by atoms with van der Waals surface area (Å²) in [6.45, 7) is 0.990. The van der Waals surface area contributed by atoms with Crippen molar-refractivity contribution in [3.8, 4) is 17.0 Å². The monoisotopic (exact) mass is 428 g/mol. The summed E-state index contributed by atoms with van der Waals surface area (Å²) in [7, 11) is 5.05. The van der Waals surface area contributed by atoms with Crippen LogP contribution >= 0.6 is 11.6 Å². The molecule has 7 nitrogen and oxygen atoms in total. The van der Waals surface area contributed by atoms with Crippen LogP contribution in [0.2, 0.25) is 5.02 Å². The first-order valence-electron chi connectivity index (χ1n) is 9.92. The number of benzene rings is 1. The topological polar surface area (TPSA) is 79.5 Å². The van der Waals surface area contributed by atoms with Crippen molar-refractivity contribution in [2.45, 2.75) is 19.3 Å². The average molecular weight is 429 g/mol. The van der Waals surface area contributed by atoms with Gasteiger partial charge in [-0.2, -0.15) is 4.98 Å². The molecule has 1 saturated carbocycles. The van der Waals surface area contributed by atoms with Gasteiger partial charge in [0.2, 0.25) is 5.88 Å². The lowest BCUT2D eigenvalue weighted by Crippen LogP contribution is -2.29. The number of rotatable bonds is 7. The van der Waals surface area contributed by atoms with Crippen molar-refractivity contribution in [3.63, 3.8) is 0 Å². The molecule has 0 saturated heterocycles. The summed E-state index contributed by atoms with van der Waals surface area (Å²) in [5.74, 6) is 1.76. The van der Waals surface area contributed by atoms with Gasteiger partial charge in [-0.1, -0.05) is 18.0 Å². The summed E-state index contributed by atoms with van der Waals surface area (Å²) >= 11 is 6.58. The Balaban J connectivity index is 1.72. The summed E-state index contributed by atoms with van der Waals surface area (Å²) in [6.07, 6.45) is 5.52. The number of halogens is 1. The molecule has 0 spiro atoms. The fraction of sp³-hybridized carbons (Fsp3) is 0.364. The number of ether oxygens (including phenoxy) is 1. The number of aromatic amines is 1. The number of anilines is 1. The zero-order chi connectivity index (χ0) is 21.3. The van der Waals surface area contributed by atoms with E-state index in [1.807, 2.05) is 18.2 Å². The highest BCUT2D eigenvalue weighted by molar-refractivity contribution is 6.34. The van der Waals surface area contributed by atoms with Gasteiger partial charge in [0.25, 0.3) is 5.91 Å². The lowest BCUT2D eigenvalue weighted by atomic mass is 9.85. The first-order chi connectivity index (χ1) is 14.5. The molecule has 4 rings (SSSR count). The number of pyridine rings is 1. The van der Waals surface area contributed by atoms with E-state index in [4.69, 9.17) is 26.2 Å². The first-order valence-corrected chi connectivity index (χ1v) is 10.3. The Morgan fingerprint density at radius 3 is 2.77 bits per heavy atom. The number of carbonyl (C=O) groups is 1. The molecule has 1 aliphatic rings. The predicted molar refractivity (Wildman–Crippen MR) is 118 cm³/mol. The van der Waals surface area contributed by atoms with Gasteiger partial charge in [-0.25, -0.2) is 5.48 Å². The molecule has 8 heteroatoms. The fourth-order valence-electron chi connectivity index (χ4n) is 3.85. The Morgan fingerprint density at radius 1 is 1.30 bits per heavy atom. The normalized spacial score (nSPS) is 13.9. The Hall–Kier alpha value is -2.77. The molecule has 1 aliphatic carbocycles. The largest absolute Gasteiger partial charge is 0.480 e. The smallest absolute Gasteiger partial charge is 0.276 e. The molecule has 1 amide bonds. The highest BCUT2D eigenvalue weighted by atomic mass is 35.5. The molecule has 0 unspecified atom stereocenters. The van der Waals surface area contributed by atoms with Gasteiger partial charge in [0.15, 0.2) is 0 Å². The van der Waals surface area contributed by atoms with Crippen molar-refractivity contribution in [1.82, 2.24) is 15.4 Å². The van der Waals surface area contributed by atoms with Crippen molar-refractivity contribution in [2.75, 3.05) is 32.7 Å². The lowest BCUT2D eigenvalue weighted by Gasteiger charge is -2.30. The van der Waals surface area contributed by atoms with Gasteiger partial charge < -0.3 is 14.6 Å². The number of nitrogens with zero attached hydrogens (tertiary/aromatic N) is 2. The first kappa shape index (κ1) is 20.5. The van der Waals surface area contributed by atoms with Gasteiger partial charge in [0.1, 0.15) is 5.82 Å². The van der Waals surface area contributed by atoms with Crippen LogP contribution in [0.1, 0.15) is 29.6 Å². The average Bonchev–Trinajstić information content (AvgIpc) is 3.12. The molecule has 30 heavy (non-hydrogen) atoms. The third-order valence-electron chi connectivity index (χ3n) is 5.69. The number of hydroxylamine groups is 1. The van der Waals surface area contributed by atoms with E-state index in [1.165, 1.54) is 26.4 Å². The van der Waals surface area contributed by atoms with Crippen LogP contribution in [0, 0.1) is 5.92 Å². The van der Waals surface area contributed by atoms with Crippen LogP contribution in [0.5, 0.6) is 5.88 Å². The third kappa shape index (κ3) is 3.82. The number of aromatic nitrogens is 2.